The van der Waals surface area contributed by atoms with Crippen LogP contribution in [0.15, 0.2) is 30.3 Å². The first-order valence-corrected chi connectivity index (χ1v) is 7.21. The largest absolute Gasteiger partial charge is 0.305 e. The highest BCUT2D eigenvalue weighted by Crippen LogP contribution is 2.29. The average Bonchev–Trinajstić information content (AvgIpc) is 2.44. The fourth-order valence-corrected chi connectivity index (χ4v) is 2.62. The zero-order chi connectivity index (χ0) is 14.7. The fraction of sp³-hybridized carbons (Fsp3) is 0.286. The van der Waals surface area contributed by atoms with Gasteiger partial charge < -0.3 is 4.90 Å². The minimum Gasteiger partial charge on any atom is -0.305 e. The van der Waals surface area contributed by atoms with Crippen LogP contribution in [0.2, 0.25) is 0 Å². The zero-order valence-corrected chi connectivity index (χ0v) is 12.5. The third-order valence-electron chi connectivity index (χ3n) is 2.97. The van der Waals surface area contributed by atoms with E-state index in [4.69, 9.17) is 5.26 Å². The zero-order valence-electron chi connectivity index (χ0n) is 10.4. The SMILES string of the molecule is N#Cc1ccc(C2=CCC(I)C(=O)N2CC(F)F)cc1. The van der Waals surface area contributed by atoms with Gasteiger partial charge in [0.1, 0.15) is 0 Å². The number of allylic oxidation sites excluding steroid dienone is 1. The number of carbonyl (C=O) groups is 1. The molecule has 0 saturated carbocycles. The lowest BCUT2D eigenvalue weighted by Gasteiger charge is -2.31. The van der Waals surface area contributed by atoms with Crippen LogP contribution < -0.4 is 0 Å². The Labute approximate surface area is 129 Å². The van der Waals surface area contributed by atoms with Crippen LogP contribution >= 0.6 is 22.6 Å². The van der Waals surface area contributed by atoms with Crippen molar-refractivity contribution in [2.75, 3.05) is 6.54 Å². The summed E-state index contributed by atoms with van der Waals surface area (Å²) in [7, 11) is 0. The molecule has 1 aliphatic heterocycles. The predicted octanol–water partition coefficient (Wildman–Crippen LogP) is 3.20. The van der Waals surface area contributed by atoms with Crippen LogP contribution in [0.4, 0.5) is 8.78 Å². The van der Waals surface area contributed by atoms with Crippen molar-refractivity contribution in [3.05, 3.63) is 41.5 Å². The molecule has 2 rings (SSSR count). The van der Waals surface area contributed by atoms with Crippen LogP contribution in [-0.2, 0) is 4.79 Å². The Morgan fingerprint density at radius 2 is 2.05 bits per heavy atom. The van der Waals surface area contributed by atoms with Crippen molar-refractivity contribution in [2.45, 2.75) is 16.8 Å². The summed E-state index contributed by atoms with van der Waals surface area (Å²) in [6, 6.07) is 8.55. The summed E-state index contributed by atoms with van der Waals surface area (Å²) >= 11 is 1.96. The van der Waals surface area contributed by atoms with Gasteiger partial charge in [0.2, 0.25) is 5.91 Å². The van der Waals surface area contributed by atoms with Crippen molar-refractivity contribution in [2.24, 2.45) is 0 Å². The number of halogens is 3. The molecule has 20 heavy (non-hydrogen) atoms. The lowest BCUT2D eigenvalue weighted by molar-refractivity contribution is -0.128. The third kappa shape index (κ3) is 3.15. The van der Waals surface area contributed by atoms with Gasteiger partial charge in [0, 0.05) is 5.70 Å². The van der Waals surface area contributed by atoms with Crippen molar-refractivity contribution in [3.8, 4) is 6.07 Å². The smallest absolute Gasteiger partial charge is 0.256 e. The Morgan fingerprint density at radius 1 is 1.40 bits per heavy atom. The Kier molecular flexibility index (Phi) is 4.70. The highest BCUT2D eigenvalue weighted by Gasteiger charge is 2.31. The summed E-state index contributed by atoms with van der Waals surface area (Å²) in [6.45, 7) is -0.607. The lowest BCUT2D eigenvalue weighted by Crippen LogP contribution is -2.40. The van der Waals surface area contributed by atoms with Gasteiger partial charge in [0.15, 0.2) is 0 Å². The van der Waals surface area contributed by atoms with E-state index in [1.807, 2.05) is 28.7 Å². The molecule has 1 aliphatic rings. The fourth-order valence-electron chi connectivity index (χ4n) is 2.03. The van der Waals surface area contributed by atoms with Gasteiger partial charge in [-0.2, -0.15) is 5.26 Å². The summed E-state index contributed by atoms with van der Waals surface area (Å²) in [5.74, 6) is -0.298. The second-order valence-corrected chi connectivity index (χ2v) is 5.83. The molecular formula is C14H11F2IN2O. The summed E-state index contributed by atoms with van der Waals surface area (Å²) in [6.07, 6.45) is -0.265. The molecule has 1 heterocycles. The van der Waals surface area contributed by atoms with Crippen LogP contribution in [-0.4, -0.2) is 27.7 Å². The average molecular weight is 388 g/mol. The van der Waals surface area contributed by atoms with Gasteiger partial charge in [-0.15, -0.1) is 0 Å². The molecule has 1 unspecified atom stereocenters. The molecule has 1 amide bonds. The lowest BCUT2D eigenvalue weighted by atomic mass is 10.0. The summed E-state index contributed by atoms with van der Waals surface area (Å²) in [4.78, 5) is 13.2. The Hall–Kier alpha value is -1.49. The molecule has 3 nitrogen and oxygen atoms in total. The normalized spacial score (nSPS) is 18.9. The highest BCUT2D eigenvalue weighted by atomic mass is 127. The van der Waals surface area contributed by atoms with E-state index in [-0.39, 0.29) is 9.83 Å². The highest BCUT2D eigenvalue weighted by molar-refractivity contribution is 14.1. The van der Waals surface area contributed by atoms with E-state index in [0.717, 1.165) is 4.90 Å². The van der Waals surface area contributed by atoms with Gasteiger partial charge in [-0.3, -0.25) is 4.79 Å². The first-order valence-electron chi connectivity index (χ1n) is 5.97. The van der Waals surface area contributed by atoms with Gasteiger partial charge in [0.25, 0.3) is 6.43 Å². The second-order valence-electron chi connectivity index (χ2n) is 4.32. The topological polar surface area (TPSA) is 44.1 Å². The number of nitriles is 1. The molecule has 1 aromatic carbocycles. The standard InChI is InChI=1S/C14H11F2IN2O/c15-13(16)8-19-12(6-5-11(17)14(19)20)10-3-1-9(7-18)2-4-10/h1-4,6,11,13H,5,8H2. The summed E-state index contributed by atoms with van der Waals surface area (Å²) < 4.78 is 25.0. The molecule has 0 aromatic heterocycles. The molecule has 1 aromatic rings. The molecule has 0 spiro atoms. The first-order chi connectivity index (χ1) is 9.52. The molecular weight excluding hydrogens is 377 g/mol. The van der Waals surface area contributed by atoms with Crippen LogP contribution in [0.3, 0.4) is 0 Å². The quantitative estimate of drug-likeness (QED) is 0.590. The number of amides is 1. The van der Waals surface area contributed by atoms with Gasteiger partial charge in [-0.25, -0.2) is 8.78 Å². The number of carbonyl (C=O) groups excluding carboxylic acids is 1. The number of alkyl halides is 3. The van der Waals surface area contributed by atoms with Gasteiger partial charge >= 0.3 is 0 Å². The van der Waals surface area contributed by atoms with Crippen molar-refractivity contribution in [1.29, 1.82) is 5.26 Å². The van der Waals surface area contributed by atoms with Gasteiger partial charge in [0.05, 0.1) is 22.1 Å². The first kappa shape index (κ1) is 14.9. The second kappa shape index (κ2) is 6.31. The summed E-state index contributed by atoms with van der Waals surface area (Å²) in [5.41, 5.74) is 1.65. The molecule has 0 bridgehead atoms. The van der Waals surface area contributed by atoms with E-state index in [0.29, 0.717) is 23.2 Å². The summed E-state index contributed by atoms with van der Waals surface area (Å²) in [5, 5.41) is 8.76. The number of hydrogen-bond donors (Lipinski definition) is 0. The Bertz CT molecular complexity index is 578. The Balaban J connectivity index is 2.35. The minimum absolute atomic E-state index is 0.298. The number of rotatable bonds is 3. The molecule has 0 fully saturated rings. The van der Waals surface area contributed by atoms with Gasteiger partial charge in [-0.05, 0) is 24.1 Å². The maximum atomic E-state index is 12.7. The molecule has 6 heteroatoms. The van der Waals surface area contributed by atoms with Crippen LogP contribution in [0.25, 0.3) is 5.70 Å². The molecule has 104 valence electrons. The van der Waals surface area contributed by atoms with E-state index >= 15 is 0 Å². The van der Waals surface area contributed by atoms with Crippen LogP contribution in [0.5, 0.6) is 0 Å². The van der Waals surface area contributed by atoms with Crippen molar-refractivity contribution >= 4 is 34.2 Å². The van der Waals surface area contributed by atoms with Crippen LogP contribution in [0.1, 0.15) is 17.5 Å². The molecule has 0 N–H and O–H groups in total. The van der Waals surface area contributed by atoms with E-state index in [2.05, 4.69) is 0 Å². The van der Waals surface area contributed by atoms with Crippen molar-refractivity contribution in [1.82, 2.24) is 4.90 Å². The third-order valence-corrected chi connectivity index (χ3v) is 4.01. The van der Waals surface area contributed by atoms with E-state index < -0.39 is 13.0 Å². The van der Waals surface area contributed by atoms with E-state index in [9.17, 15) is 13.6 Å². The van der Waals surface area contributed by atoms with Crippen molar-refractivity contribution in [3.63, 3.8) is 0 Å². The van der Waals surface area contributed by atoms with E-state index in [1.165, 1.54) is 0 Å². The van der Waals surface area contributed by atoms with Crippen LogP contribution in [0, 0.1) is 11.3 Å². The Morgan fingerprint density at radius 3 is 2.60 bits per heavy atom. The minimum atomic E-state index is -2.58. The van der Waals surface area contributed by atoms with Crippen molar-refractivity contribution < 1.29 is 13.6 Å². The maximum absolute atomic E-state index is 12.7. The number of benzene rings is 1. The molecule has 1 atom stereocenters. The predicted molar refractivity (Wildman–Crippen MR) is 79.3 cm³/mol. The monoisotopic (exact) mass is 388 g/mol. The van der Waals surface area contributed by atoms with Gasteiger partial charge in [-0.1, -0.05) is 40.8 Å². The number of hydrogen-bond acceptors (Lipinski definition) is 2. The van der Waals surface area contributed by atoms with E-state index in [1.54, 1.807) is 30.3 Å². The molecule has 0 radical (unpaired) electrons. The molecule has 0 saturated heterocycles. The molecule has 0 aliphatic carbocycles. The maximum Gasteiger partial charge on any atom is 0.256 e. The number of nitrogens with zero attached hydrogens (tertiary/aromatic N) is 2.